The van der Waals surface area contributed by atoms with Gasteiger partial charge in [0.25, 0.3) is 0 Å². The monoisotopic (exact) mass is 461 g/mol. The minimum Gasteiger partial charge on any atom is -0.497 e. The van der Waals surface area contributed by atoms with Gasteiger partial charge in [-0.15, -0.1) is 0 Å². The second kappa shape index (κ2) is 21.8. The topological polar surface area (TPSA) is 38.3 Å². The van der Waals surface area contributed by atoms with Gasteiger partial charge in [0.2, 0.25) is 5.91 Å². The summed E-state index contributed by atoms with van der Waals surface area (Å²) in [7, 11) is 1.66. The maximum atomic E-state index is 11.9. The molecule has 0 aliphatic heterocycles. The zero-order valence-corrected chi connectivity index (χ0v) is 21.1. The molecule has 0 saturated heterocycles. The molecule has 0 atom stereocenters. The number of methoxy groups -OCH3 is 1. The highest BCUT2D eigenvalue weighted by Crippen LogP contribution is 2.12. The summed E-state index contributed by atoms with van der Waals surface area (Å²) in [5.41, 5.74) is 1.16. The molecule has 1 amide bonds. The number of nitrogens with one attached hydrogen (secondary N) is 1. The van der Waals surface area contributed by atoms with Gasteiger partial charge in [-0.05, 0) is 69.1 Å². The number of rotatable bonds is 18. The lowest BCUT2D eigenvalue weighted by molar-refractivity contribution is -0.120. The van der Waals surface area contributed by atoms with Gasteiger partial charge in [-0.3, -0.25) is 4.79 Å². The molecule has 0 aliphatic carbocycles. The second-order valence-corrected chi connectivity index (χ2v) is 7.91. The molecule has 0 fully saturated rings. The Morgan fingerprint density at radius 2 is 1.32 bits per heavy atom. The number of carbonyl (C=O) groups excluding carboxylic acids is 1. The molecule has 1 rings (SSSR count). The first-order valence-electron chi connectivity index (χ1n) is 12.6. The molecule has 3 heteroatoms. The van der Waals surface area contributed by atoms with Crippen molar-refractivity contribution in [2.75, 3.05) is 13.7 Å². The van der Waals surface area contributed by atoms with Crippen LogP contribution < -0.4 is 10.1 Å². The number of ether oxygens (including phenoxy) is 1. The zero-order valence-electron chi connectivity index (χ0n) is 21.1. The molecule has 0 bridgehead atoms. The molecule has 0 unspecified atom stereocenters. The van der Waals surface area contributed by atoms with E-state index >= 15 is 0 Å². The first-order valence-corrected chi connectivity index (χ1v) is 12.6. The summed E-state index contributed by atoms with van der Waals surface area (Å²) >= 11 is 0. The van der Waals surface area contributed by atoms with Crippen LogP contribution in [-0.4, -0.2) is 19.6 Å². The van der Waals surface area contributed by atoms with Crippen molar-refractivity contribution in [2.45, 2.75) is 64.7 Å². The predicted octanol–water partition coefficient (Wildman–Crippen LogP) is 7.83. The van der Waals surface area contributed by atoms with Crippen molar-refractivity contribution in [1.82, 2.24) is 5.32 Å². The van der Waals surface area contributed by atoms with Crippen LogP contribution in [0.1, 0.15) is 63.9 Å². The molecule has 1 aromatic rings. The van der Waals surface area contributed by atoms with E-state index in [-0.39, 0.29) is 5.91 Å². The van der Waals surface area contributed by atoms with Crippen molar-refractivity contribution in [1.29, 1.82) is 0 Å². The third-order valence-corrected chi connectivity index (χ3v) is 5.00. The molecule has 3 nitrogen and oxygen atoms in total. The Hall–Kier alpha value is -3.07. The minimum absolute atomic E-state index is 0.0995. The molecule has 34 heavy (non-hydrogen) atoms. The van der Waals surface area contributed by atoms with E-state index in [1.807, 2.05) is 24.3 Å². The van der Waals surface area contributed by atoms with Gasteiger partial charge >= 0.3 is 0 Å². The van der Waals surface area contributed by atoms with Crippen molar-refractivity contribution >= 4 is 5.91 Å². The normalized spacial score (nSPS) is 12.4. The van der Waals surface area contributed by atoms with Gasteiger partial charge in [0.15, 0.2) is 0 Å². The summed E-state index contributed by atoms with van der Waals surface area (Å²) in [6.45, 7) is 2.80. The van der Waals surface area contributed by atoms with Gasteiger partial charge in [0.05, 0.1) is 7.11 Å². The van der Waals surface area contributed by atoms with E-state index < -0.39 is 0 Å². The Morgan fingerprint density at radius 1 is 0.794 bits per heavy atom. The van der Waals surface area contributed by atoms with E-state index in [9.17, 15) is 4.79 Å². The molecule has 0 aromatic heterocycles. The zero-order chi connectivity index (χ0) is 24.5. The van der Waals surface area contributed by atoms with Crippen molar-refractivity contribution in [2.24, 2.45) is 0 Å². The second-order valence-electron chi connectivity index (χ2n) is 7.91. The van der Waals surface area contributed by atoms with Gasteiger partial charge in [0.1, 0.15) is 5.75 Å². The lowest BCUT2D eigenvalue weighted by Crippen LogP contribution is -2.25. The Balaban J connectivity index is 1.99. The van der Waals surface area contributed by atoms with Crippen molar-refractivity contribution in [3.8, 4) is 5.75 Å². The summed E-state index contributed by atoms with van der Waals surface area (Å²) in [5, 5.41) is 2.98. The summed E-state index contributed by atoms with van der Waals surface area (Å²) in [6.07, 6.45) is 34.3. The van der Waals surface area contributed by atoms with E-state index in [4.69, 9.17) is 4.74 Å². The maximum absolute atomic E-state index is 11.9. The van der Waals surface area contributed by atoms with E-state index in [2.05, 4.69) is 85.2 Å². The number of hydrogen-bond acceptors (Lipinski definition) is 2. The highest BCUT2D eigenvalue weighted by Gasteiger charge is 2.00. The van der Waals surface area contributed by atoms with Gasteiger partial charge < -0.3 is 10.1 Å². The average molecular weight is 462 g/mol. The van der Waals surface area contributed by atoms with E-state index in [1.165, 1.54) is 0 Å². The molecular formula is C31H43NO2. The standard InChI is InChI=1S/C31H43NO2/c1-3-4-5-6-7-8-9-10-11-12-13-14-15-16-17-18-19-20-21-25-31(33)32-27-26-29-23-22-24-30(28-29)34-2/h4-5,7-8,10-11,13-14,16-17,19-20,22-24,28H,3,6,9,12,15,18,21,25-27H2,1-2H3,(H,32,33)/b5-4-,8-7-,11-10-,14-13-,17-16-,20-19-. The highest BCUT2D eigenvalue weighted by molar-refractivity contribution is 5.75. The molecule has 1 aromatic carbocycles. The van der Waals surface area contributed by atoms with E-state index in [1.54, 1.807) is 7.11 Å². The summed E-state index contributed by atoms with van der Waals surface area (Å²) in [6, 6.07) is 7.95. The van der Waals surface area contributed by atoms with E-state index in [0.29, 0.717) is 13.0 Å². The maximum Gasteiger partial charge on any atom is 0.220 e. The van der Waals surface area contributed by atoms with Crippen LogP contribution >= 0.6 is 0 Å². The van der Waals surface area contributed by atoms with Crippen LogP contribution in [0.4, 0.5) is 0 Å². The quantitative estimate of drug-likeness (QED) is 0.226. The van der Waals surface area contributed by atoms with Crippen LogP contribution in [-0.2, 0) is 11.2 Å². The van der Waals surface area contributed by atoms with Crippen molar-refractivity contribution in [3.05, 3.63) is 103 Å². The van der Waals surface area contributed by atoms with Gasteiger partial charge in [-0.25, -0.2) is 0 Å². The fourth-order valence-corrected chi connectivity index (χ4v) is 3.12. The molecule has 184 valence electrons. The molecule has 0 heterocycles. The van der Waals surface area contributed by atoms with Crippen LogP contribution in [0.5, 0.6) is 5.75 Å². The van der Waals surface area contributed by atoms with Crippen molar-refractivity contribution in [3.63, 3.8) is 0 Å². The average Bonchev–Trinajstić information content (AvgIpc) is 2.85. The first kappa shape index (κ1) is 29.0. The largest absolute Gasteiger partial charge is 0.497 e. The molecule has 0 saturated carbocycles. The number of hydrogen-bond donors (Lipinski definition) is 1. The Bertz CT molecular complexity index is 828. The summed E-state index contributed by atoms with van der Waals surface area (Å²) in [4.78, 5) is 11.9. The minimum atomic E-state index is 0.0995. The number of amides is 1. The predicted molar refractivity (Wildman–Crippen MR) is 147 cm³/mol. The number of benzene rings is 1. The summed E-state index contributed by atoms with van der Waals surface area (Å²) in [5.74, 6) is 0.948. The molecule has 0 spiro atoms. The third-order valence-electron chi connectivity index (χ3n) is 5.00. The van der Waals surface area contributed by atoms with Crippen LogP contribution in [0.2, 0.25) is 0 Å². The van der Waals surface area contributed by atoms with Crippen molar-refractivity contribution < 1.29 is 9.53 Å². The lowest BCUT2D eigenvalue weighted by atomic mass is 10.1. The molecular weight excluding hydrogens is 418 g/mol. The molecule has 0 radical (unpaired) electrons. The fraction of sp³-hybridized carbons (Fsp3) is 0.387. The number of carbonyl (C=O) groups is 1. The first-order chi connectivity index (χ1) is 16.8. The highest BCUT2D eigenvalue weighted by atomic mass is 16.5. The Labute approximate surface area is 207 Å². The van der Waals surface area contributed by atoms with Crippen LogP contribution in [0.15, 0.2) is 97.2 Å². The van der Waals surface area contributed by atoms with Crippen LogP contribution in [0.3, 0.4) is 0 Å². The smallest absolute Gasteiger partial charge is 0.220 e. The third kappa shape index (κ3) is 17.5. The molecule has 0 aliphatic rings. The fourth-order valence-electron chi connectivity index (χ4n) is 3.12. The van der Waals surface area contributed by atoms with Gasteiger partial charge in [-0.2, -0.15) is 0 Å². The Kier molecular flexibility index (Phi) is 18.5. The van der Waals surface area contributed by atoms with Crippen LogP contribution in [0, 0.1) is 0 Å². The molecule has 1 N–H and O–H groups in total. The van der Waals surface area contributed by atoms with Gasteiger partial charge in [0, 0.05) is 13.0 Å². The Morgan fingerprint density at radius 3 is 1.85 bits per heavy atom. The van der Waals surface area contributed by atoms with Crippen LogP contribution in [0.25, 0.3) is 0 Å². The lowest BCUT2D eigenvalue weighted by Gasteiger charge is -2.06. The summed E-state index contributed by atoms with van der Waals surface area (Å²) < 4.78 is 5.22. The SMILES string of the molecule is CC/C=C\C/C=C\C/C=C\C/C=C\C/C=C\C/C=C\CCC(=O)NCCc1cccc(OC)c1. The number of allylic oxidation sites excluding steroid dienone is 12. The van der Waals surface area contributed by atoms with Gasteiger partial charge in [-0.1, -0.05) is 92.0 Å². The van der Waals surface area contributed by atoms with E-state index in [0.717, 1.165) is 62.7 Å².